The molecule has 5 heterocycles. The molecule has 0 bridgehead atoms. The second kappa shape index (κ2) is 11.7. The molecule has 2 saturated heterocycles. The van der Waals surface area contributed by atoms with Gasteiger partial charge in [0.15, 0.2) is 5.13 Å². The number of nitrogens with one attached hydrogen (secondary N) is 1. The van der Waals surface area contributed by atoms with Gasteiger partial charge in [0, 0.05) is 37.8 Å². The molecule has 2 aliphatic rings. The third kappa shape index (κ3) is 6.13. The van der Waals surface area contributed by atoms with Crippen molar-refractivity contribution in [2.75, 3.05) is 41.3 Å². The zero-order valence-electron chi connectivity index (χ0n) is 20.6. The first-order valence-corrected chi connectivity index (χ1v) is 14.8. The van der Waals surface area contributed by atoms with Crippen molar-refractivity contribution in [1.82, 2.24) is 9.97 Å². The Hall–Kier alpha value is -2.93. The number of carbonyl (C=O) groups excluding carboxylic acids is 1. The van der Waals surface area contributed by atoms with E-state index in [9.17, 15) is 24.6 Å². The van der Waals surface area contributed by atoms with Crippen LogP contribution in [0.4, 0.5) is 16.0 Å². The normalized spacial score (nSPS) is 16.9. The largest absolute Gasteiger partial charge is 0.481 e. The van der Waals surface area contributed by atoms with E-state index in [1.54, 1.807) is 6.07 Å². The fourth-order valence-electron chi connectivity index (χ4n) is 4.80. The number of carboxylic acid groups (broad SMARTS) is 2. The summed E-state index contributed by atoms with van der Waals surface area (Å²) in [5.74, 6) is -2.19. The highest BCUT2D eigenvalue weighted by Crippen LogP contribution is 2.43. The Morgan fingerprint density at radius 2 is 1.56 bits per heavy atom. The fraction of sp³-hybridized carbons (Fsp3) is 0.400. The first kappa shape index (κ1) is 27.6. The Balaban J connectivity index is 1.32. The Bertz CT molecular complexity index is 1400. The number of halogens is 2. The molecule has 0 atom stereocenters. The highest BCUT2D eigenvalue weighted by Gasteiger charge is 2.29. The molecule has 10 nitrogen and oxygen atoms in total. The van der Waals surface area contributed by atoms with Gasteiger partial charge in [0.1, 0.15) is 16.5 Å². The average Bonchev–Trinajstić information content (AvgIpc) is 3.54. The predicted octanol–water partition coefficient (Wildman–Crippen LogP) is 5.43. The van der Waals surface area contributed by atoms with Crippen LogP contribution in [-0.4, -0.2) is 64.2 Å². The van der Waals surface area contributed by atoms with Crippen molar-refractivity contribution in [1.29, 1.82) is 0 Å². The fourth-order valence-corrected chi connectivity index (χ4v) is 7.24. The molecule has 5 rings (SSSR count). The van der Waals surface area contributed by atoms with Gasteiger partial charge in [-0.15, -0.1) is 11.3 Å². The van der Waals surface area contributed by atoms with E-state index in [-0.39, 0.29) is 17.4 Å². The molecule has 1 amide bonds. The molecular formula is C25H25Cl2N5O5S2. The van der Waals surface area contributed by atoms with Gasteiger partial charge in [-0.3, -0.25) is 19.7 Å². The molecular weight excluding hydrogens is 585 g/mol. The molecule has 0 aliphatic carbocycles. The lowest BCUT2D eigenvalue weighted by molar-refractivity contribution is -0.143. The molecule has 0 spiro atoms. The first-order valence-electron chi connectivity index (χ1n) is 12.4. The molecule has 3 aromatic rings. The first-order chi connectivity index (χ1) is 18.7. The summed E-state index contributed by atoms with van der Waals surface area (Å²) in [7, 11) is 0. The van der Waals surface area contributed by atoms with Gasteiger partial charge in [0.05, 0.1) is 32.3 Å². The van der Waals surface area contributed by atoms with Gasteiger partial charge in [-0.25, -0.2) is 9.97 Å². The molecule has 0 unspecified atom stereocenters. The van der Waals surface area contributed by atoms with E-state index < -0.39 is 17.8 Å². The summed E-state index contributed by atoms with van der Waals surface area (Å²) >= 11 is 15.4. The number of nitrogens with zero attached hydrogens (tertiary/aromatic N) is 4. The number of aromatic nitrogens is 2. The van der Waals surface area contributed by atoms with Gasteiger partial charge < -0.3 is 20.0 Å². The van der Waals surface area contributed by atoms with E-state index in [2.05, 4.69) is 15.2 Å². The monoisotopic (exact) mass is 609 g/mol. The van der Waals surface area contributed by atoms with Gasteiger partial charge in [-0.05, 0) is 37.8 Å². The highest BCUT2D eigenvalue weighted by molar-refractivity contribution is 7.21. The average molecular weight is 611 g/mol. The van der Waals surface area contributed by atoms with Crippen molar-refractivity contribution < 1.29 is 24.6 Å². The Morgan fingerprint density at radius 1 is 0.949 bits per heavy atom. The van der Waals surface area contributed by atoms with Crippen LogP contribution >= 0.6 is 45.9 Å². The van der Waals surface area contributed by atoms with E-state index >= 15 is 0 Å². The summed E-state index contributed by atoms with van der Waals surface area (Å²) in [6.45, 7) is 2.19. The SMILES string of the molecule is O=C(Nc1nc(-c2cc(Cl)cs2)c(N2CCC(C(=O)O)CC2)s1)c1cnc(N2CCC(C(=O)O)CC2)c(Cl)c1. The van der Waals surface area contributed by atoms with E-state index in [0.29, 0.717) is 78.6 Å². The molecule has 0 radical (unpaired) electrons. The van der Waals surface area contributed by atoms with Crippen molar-refractivity contribution in [2.45, 2.75) is 25.7 Å². The summed E-state index contributed by atoms with van der Waals surface area (Å²) in [5, 5.41) is 25.4. The predicted molar refractivity (Wildman–Crippen MR) is 153 cm³/mol. The maximum atomic E-state index is 13.1. The summed E-state index contributed by atoms with van der Waals surface area (Å²) in [6, 6.07) is 3.37. The van der Waals surface area contributed by atoms with Crippen LogP contribution in [0.25, 0.3) is 10.6 Å². The van der Waals surface area contributed by atoms with Gasteiger partial charge in [0.2, 0.25) is 0 Å². The van der Waals surface area contributed by atoms with E-state index in [0.717, 1.165) is 9.88 Å². The summed E-state index contributed by atoms with van der Waals surface area (Å²) < 4.78 is 0. The third-order valence-electron chi connectivity index (χ3n) is 6.99. The zero-order chi connectivity index (χ0) is 27.7. The second-order valence-corrected chi connectivity index (χ2v) is 12.2. The Kier molecular flexibility index (Phi) is 8.27. The van der Waals surface area contributed by atoms with Crippen LogP contribution in [0, 0.1) is 11.8 Å². The third-order valence-corrected chi connectivity index (χ3v) is 9.58. The lowest BCUT2D eigenvalue weighted by atomic mass is 9.97. The van der Waals surface area contributed by atoms with Crippen molar-refractivity contribution in [3.8, 4) is 10.6 Å². The van der Waals surface area contributed by atoms with Crippen molar-refractivity contribution in [3.63, 3.8) is 0 Å². The smallest absolute Gasteiger partial charge is 0.306 e. The lowest BCUT2D eigenvalue weighted by Gasteiger charge is -2.31. The number of rotatable bonds is 7. The number of hydrogen-bond donors (Lipinski definition) is 3. The molecule has 14 heteroatoms. The van der Waals surface area contributed by atoms with Crippen LogP contribution in [-0.2, 0) is 9.59 Å². The van der Waals surface area contributed by atoms with Crippen molar-refractivity contribution >= 4 is 79.7 Å². The molecule has 0 saturated carbocycles. The van der Waals surface area contributed by atoms with Gasteiger partial charge >= 0.3 is 11.9 Å². The topological polar surface area (TPSA) is 136 Å². The summed E-state index contributed by atoms with van der Waals surface area (Å²) in [5.41, 5.74) is 0.959. The van der Waals surface area contributed by atoms with Crippen LogP contribution in [0.15, 0.2) is 23.7 Å². The van der Waals surface area contributed by atoms with Crippen LogP contribution in [0.2, 0.25) is 10.0 Å². The number of carbonyl (C=O) groups is 3. The van der Waals surface area contributed by atoms with Gasteiger partial charge in [0.25, 0.3) is 5.91 Å². The number of piperidine rings is 2. The number of amides is 1. The molecule has 3 aromatic heterocycles. The van der Waals surface area contributed by atoms with Crippen LogP contribution in [0.3, 0.4) is 0 Å². The van der Waals surface area contributed by atoms with E-state index in [4.69, 9.17) is 28.2 Å². The quantitative estimate of drug-likeness (QED) is 0.320. The molecule has 0 aromatic carbocycles. The number of aliphatic carboxylic acids is 2. The number of thiazole rings is 1. The number of carboxylic acids is 2. The summed E-state index contributed by atoms with van der Waals surface area (Å²) in [6.07, 6.45) is 3.53. The van der Waals surface area contributed by atoms with Gasteiger partial charge in [-0.1, -0.05) is 34.5 Å². The number of anilines is 3. The standard InChI is InChI=1S/C25H25Cl2N5O5S2/c26-16-10-18(38-12-16)19-22(32-7-3-14(4-8-32)24(36)37)39-25(29-19)30-21(33)15-9-17(27)20(28-11-15)31-5-1-13(2-6-31)23(34)35/h9-14H,1-8H2,(H,34,35)(H,36,37)(H,29,30,33). The number of thiophene rings is 1. The highest BCUT2D eigenvalue weighted by atomic mass is 35.5. The van der Waals surface area contributed by atoms with Crippen molar-refractivity contribution in [2.24, 2.45) is 11.8 Å². The van der Waals surface area contributed by atoms with Crippen molar-refractivity contribution in [3.05, 3.63) is 39.3 Å². The number of pyridine rings is 1. The summed E-state index contributed by atoms with van der Waals surface area (Å²) in [4.78, 5) is 49.7. The molecule has 206 valence electrons. The zero-order valence-corrected chi connectivity index (χ0v) is 23.7. The Labute approximate surface area is 242 Å². The minimum absolute atomic E-state index is 0.268. The van der Waals surface area contributed by atoms with E-state index in [1.807, 2.05) is 16.3 Å². The minimum Gasteiger partial charge on any atom is -0.481 e. The number of hydrogen-bond acceptors (Lipinski definition) is 9. The van der Waals surface area contributed by atoms with Crippen LogP contribution in [0.5, 0.6) is 0 Å². The van der Waals surface area contributed by atoms with Crippen LogP contribution < -0.4 is 15.1 Å². The second-order valence-electron chi connectivity index (χ2n) is 9.48. The maximum Gasteiger partial charge on any atom is 0.306 e. The van der Waals surface area contributed by atoms with Gasteiger partial charge in [-0.2, -0.15) is 0 Å². The Morgan fingerprint density at radius 3 is 2.10 bits per heavy atom. The van der Waals surface area contributed by atoms with E-state index in [1.165, 1.54) is 28.9 Å². The molecule has 2 aliphatic heterocycles. The molecule has 39 heavy (non-hydrogen) atoms. The minimum atomic E-state index is -0.791. The maximum absolute atomic E-state index is 13.1. The molecule has 3 N–H and O–H groups in total. The molecule has 2 fully saturated rings. The lowest BCUT2D eigenvalue weighted by Crippen LogP contribution is -2.37. The van der Waals surface area contributed by atoms with Crippen LogP contribution in [0.1, 0.15) is 36.0 Å².